The normalized spacial score (nSPS) is 13.2. The van der Waals surface area contributed by atoms with Crippen LogP contribution in [0.2, 0.25) is 0 Å². The molecule has 0 bridgehead atoms. The molecule has 0 radical (unpaired) electrons. The van der Waals surface area contributed by atoms with E-state index in [9.17, 15) is 0 Å². The molecule has 3 aromatic heterocycles. The molecule has 100 valence electrons. The number of hydrogen-bond donors (Lipinski definition) is 1. The van der Waals surface area contributed by atoms with Crippen LogP contribution in [0.1, 0.15) is 30.0 Å². The molecule has 0 amide bonds. The first-order valence-electron chi connectivity index (χ1n) is 6.49. The van der Waals surface area contributed by atoms with Gasteiger partial charge in [0.15, 0.2) is 0 Å². The minimum atomic E-state index is 0.235. The van der Waals surface area contributed by atoms with Crippen molar-refractivity contribution in [3.63, 3.8) is 0 Å². The highest BCUT2D eigenvalue weighted by Crippen LogP contribution is 2.35. The van der Waals surface area contributed by atoms with E-state index in [1.54, 1.807) is 0 Å². The fourth-order valence-corrected chi connectivity index (χ4v) is 4.59. The number of nitrogens with one attached hydrogen (secondary N) is 1. The number of thiophene rings is 2. The van der Waals surface area contributed by atoms with Gasteiger partial charge in [-0.3, -0.25) is 4.68 Å². The van der Waals surface area contributed by atoms with Gasteiger partial charge in [-0.15, -0.1) is 22.7 Å². The number of fused-ring (bicyclic) bond motifs is 1. The van der Waals surface area contributed by atoms with Crippen LogP contribution in [0.15, 0.2) is 29.8 Å². The first-order valence-corrected chi connectivity index (χ1v) is 8.19. The van der Waals surface area contributed by atoms with Crippen molar-refractivity contribution < 1.29 is 0 Å². The largest absolute Gasteiger partial charge is 0.307 e. The van der Waals surface area contributed by atoms with E-state index in [0.29, 0.717) is 0 Å². The van der Waals surface area contributed by atoms with Gasteiger partial charge in [0.05, 0.1) is 11.7 Å². The summed E-state index contributed by atoms with van der Waals surface area (Å²) < 4.78 is 4.86. The molecule has 3 nitrogen and oxygen atoms in total. The van der Waals surface area contributed by atoms with Crippen molar-refractivity contribution in [2.24, 2.45) is 0 Å². The molecule has 0 aliphatic heterocycles. The molecule has 1 unspecified atom stereocenters. The SMILES string of the molecule is CCCn1nccc1C(NC)c1cc2sccc2s1. The Hall–Kier alpha value is -1.17. The Bertz CT molecular complexity index is 636. The van der Waals surface area contributed by atoms with Gasteiger partial charge in [0, 0.05) is 27.0 Å². The molecule has 0 saturated heterocycles. The molecule has 1 atom stereocenters. The van der Waals surface area contributed by atoms with Crippen LogP contribution >= 0.6 is 22.7 Å². The number of aromatic nitrogens is 2. The molecule has 0 spiro atoms. The fourth-order valence-electron chi connectivity index (χ4n) is 2.35. The Morgan fingerprint density at radius 2 is 2.26 bits per heavy atom. The van der Waals surface area contributed by atoms with Crippen molar-refractivity contribution in [2.75, 3.05) is 7.05 Å². The lowest BCUT2D eigenvalue weighted by molar-refractivity contribution is 0.538. The van der Waals surface area contributed by atoms with Crippen molar-refractivity contribution in [2.45, 2.75) is 25.9 Å². The lowest BCUT2D eigenvalue weighted by Crippen LogP contribution is -2.20. The van der Waals surface area contributed by atoms with Crippen molar-refractivity contribution >= 4 is 32.1 Å². The van der Waals surface area contributed by atoms with E-state index in [4.69, 9.17) is 0 Å². The summed E-state index contributed by atoms with van der Waals surface area (Å²) in [5.74, 6) is 0. The molecular weight excluding hydrogens is 274 g/mol. The highest BCUT2D eigenvalue weighted by atomic mass is 32.1. The Morgan fingerprint density at radius 1 is 1.37 bits per heavy atom. The van der Waals surface area contributed by atoms with E-state index in [2.05, 4.69) is 45.6 Å². The fraction of sp³-hybridized carbons (Fsp3) is 0.357. The molecular formula is C14H17N3S2. The van der Waals surface area contributed by atoms with Gasteiger partial charge in [-0.05, 0) is 37.0 Å². The van der Waals surface area contributed by atoms with Gasteiger partial charge in [0.25, 0.3) is 0 Å². The van der Waals surface area contributed by atoms with Gasteiger partial charge in [-0.1, -0.05) is 6.92 Å². The first kappa shape index (κ1) is 12.8. The minimum Gasteiger partial charge on any atom is -0.307 e. The number of aryl methyl sites for hydroxylation is 1. The molecule has 1 N–H and O–H groups in total. The summed E-state index contributed by atoms with van der Waals surface area (Å²) in [6.45, 7) is 3.15. The molecule has 5 heteroatoms. The average molecular weight is 291 g/mol. The number of hydrogen-bond acceptors (Lipinski definition) is 4. The smallest absolute Gasteiger partial charge is 0.0840 e. The van der Waals surface area contributed by atoms with Crippen molar-refractivity contribution in [1.82, 2.24) is 15.1 Å². The van der Waals surface area contributed by atoms with Crippen LogP contribution in [0.5, 0.6) is 0 Å². The van der Waals surface area contributed by atoms with Gasteiger partial charge in [-0.25, -0.2) is 0 Å². The summed E-state index contributed by atoms with van der Waals surface area (Å²) in [4.78, 5) is 1.36. The first-order chi connectivity index (χ1) is 9.33. The van der Waals surface area contributed by atoms with Crippen molar-refractivity contribution in [1.29, 1.82) is 0 Å². The zero-order valence-electron chi connectivity index (χ0n) is 11.1. The molecule has 19 heavy (non-hydrogen) atoms. The lowest BCUT2D eigenvalue weighted by atomic mass is 10.1. The average Bonchev–Trinajstić information content (AvgIpc) is 3.07. The predicted octanol–water partition coefficient (Wildman–Crippen LogP) is 3.88. The van der Waals surface area contributed by atoms with E-state index in [0.717, 1.165) is 13.0 Å². The Morgan fingerprint density at radius 3 is 3.00 bits per heavy atom. The van der Waals surface area contributed by atoms with Crippen LogP contribution < -0.4 is 5.32 Å². The zero-order chi connectivity index (χ0) is 13.2. The molecule has 3 aromatic rings. The van der Waals surface area contributed by atoms with Gasteiger partial charge in [0.2, 0.25) is 0 Å². The van der Waals surface area contributed by atoms with Crippen LogP contribution in [-0.4, -0.2) is 16.8 Å². The molecule has 0 aliphatic rings. The maximum Gasteiger partial charge on any atom is 0.0840 e. The van der Waals surface area contributed by atoms with Crippen LogP contribution in [0.25, 0.3) is 9.40 Å². The van der Waals surface area contributed by atoms with Gasteiger partial charge in [0.1, 0.15) is 0 Å². The molecule has 0 saturated carbocycles. The predicted molar refractivity (Wildman–Crippen MR) is 83.1 cm³/mol. The summed E-state index contributed by atoms with van der Waals surface area (Å²) in [6.07, 6.45) is 3.00. The maximum absolute atomic E-state index is 4.43. The van der Waals surface area contributed by atoms with E-state index in [-0.39, 0.29) is 6.04 Å². The minimum absolute atomic E-state index is 0.235. The Labute approximate surface area is 120 Å². The third-order valence-electron chi connectivity index (χ3n) is 3.21. The van der Waals surface area contributed by atoms with E-state index in [1.165, 1.54) is 20.0 Å². The summed E-state index contributed by atoms with van der Waals surface area (Å²) in [5, 5.41) is 10.0. The Balaban J connectivity index is 1.99. The van der Waals surface area contributed by atoms with Crippen molar-refractivity contribution in [3.8, 4) is 0 Å². The quantitative estimate of drug-likeness (QED) is 0.773. The third-order valence-corrected chi connectivity index (χ3v) is 5.37. The summed E-state index contributed by atoms with van der Waals surface area (Å²) in [7, 11) is 2.02. The highest BCUT2D eigenvalue weighted by molar-refractivity contribution is 7.27. The van der Waals surface area contributed by atoms with E-state index >= 15 is 0 Å². The Kier molecular flexibility index (Phi) is 3.68. The topological polar surface area (TPSA) is 29.9 Å². The van der Waals surface area contributed by atoms with Crippen LogP contribution in [0.4, 0.5) is 0 Å². The van der Waals surface area contributed by atoms with Crippen LogP contribution in [0.3, 0.4) is 0 Å². The maximum atomic E-state index is 4.43. The van der Waals surface area contributed by atoms with Gasteiger partial charge < -0.3 is 5.32 Å². The zero-order valence-corrected chi connectivity index (χ0v) is 12.7. The second-order valence-electron chi connectivity index (χ2n) is 4.50. The second-order valence-corrected chi connectivity index (χ2v) is 6.56. The summed E-state index contributed by atoms with van der Waals surface area (Å²) >= 11 is 3.68. The molecule has 3 heterocycles. The molecule has 3 rings (SSSR count). The van der Waals surface area contributed by atoms with Gasteiger partial charge >= 0.3 is 0 Å². The van der Waals surface area contributed by atoms with Crippen molar-refractivity contribution in [3.05, 3.63) is 40.3 Å². The number of rotatable bonds is 5. The number of nitrogens with zero attached hydrogens (tertiary/aromatic N) is 2. The third kappa shape index (κ3) is 2.33. The second kappa shape index (κ2) is 5.45. The monoisotopic (exact) mass is 291 g/mol. The molecule has 0 aliphatic carbocycles. The highest BCUT2D eigenvalue weighted by Gasteiger charge is 2.19. The summed E-state index contributed by atoms with van der Waals surface area (Å²) in [5.41, 5.74) is 1.25. The van der Waals surface area contributed by atoms with Gasteiger partial charge in [-0.2, -0.15) is 5.10 Å². The van der Waals surface area contributed by atoms with E-state index in [1.807, 2.05) is 35.9 Å². The molecule has 0 aromatic carbocycles. The summed E-state index contributed by atoms with van der Waals surface area (Å²) in [6, 6.07) is 6.85. The molecule has 0 fully saturated rings. The standard InChI is InChI=1S/C14H17N3S2/c1-3-7-17-10(4-6-16-17)14(15-2)13-9-12-11(19-13)5-8-18-12/h4-6,8-9,14-15H,3,7H2,1-2H3. The van der Waals surface area contributed by atoms with Crippen LogP contribution in [-0.2, 0) is 6.54 Å². The lowest BCUT2D eigenvalue weighted by Gasteiger charge is -2.16. The van der Waals surface area contributed by atoms with Crippen LogP contribution in [0, 0.1) is 0 Å². The van der Waals surface area contributed by atoms with E-state index < -0.39 is 0 Å².